The minimum atomic E-state index is -0.858. The number of aryl methyl sites for hydroxylation is 2. The molecule has 0 aliphatic carbocycles. The Hall–Kier alpha value is -1.78. The first-order valence-electron chi connectivity index (χ1n) is 6.48. The van der Waals surface area contributed by atoms with E-state index in [0.717, 1.165) is 11.6 Å². The molecule has 0 amide bonds. The van der Waals surface area contributed by atoms with E-state index in [4.69, 9.17) is 5.84 Å². The summed E-state index contributed by atoms with van der Waals surface area (Å²) in [5.74, 6) is 3.83. The zero-order chi connectivity index (χ0) is 14.7. The van der Waals surface area contributed by atoms with Crippen molar-refractivity contribution in [2.75, 3.05) is 0 Å². The van der Waals surface area contributed by atoms with E-state index in [1.165, 1.54) is 17.2 Å². The predicted octanol–water partition coefficient (Wildman–Crippen LogP) is 3.33. The third kappa shape index (κ3) is 3.21. The van der Waals surface area contributed by atoms with E-state index in [9.17, 15) is 8.78 Å². The smallest absolute Gasteiger partial charge is 0.159 e. The van der Waals surface area contributed by atoms with Crippen LogP contribution in [0.3, 0.4) is 0 Å². The van der Waals surface area contributed by atoms with Crippen LogP contribution in [0.4, 0.5) is 8.78 Å². The molecule has 0 aliphatic heterocycles. The largest absolute Gasteiger partial charge is 0.271 e. The fourth-order valence-corrected chi connectivity index (χ4v) is 2.17. The molecule has 2 nitrogen and oxygen atoms in total. The van der Waals surface area contributed by atoms with Crippen LogP contribution < -0.4 is 11.3 Å². The summed E-state index contributed by atoms with van der Waals surface area (Å²) in [4.78, 5) is 0. The van der Waals surface area contributed by atoms with Crippen LogP contribution in [0.2, 0.25) is 0 Å². The Labute approximate surface area is 117 Å². The third-order valence-electron chi connectivity index (χ3n) is 3.56. The van der Waals surface area contributed by atoms with Crippen LogP contribution in [0.15, 0.2) is 36.4 Å². The maximum atomic E-state index is 13.3. The fraction of sp³-hybridized carbons (Fsp3) is 0.250. The van der Waals surface area contributed by atoms with Crippen molar-refractivity contribution in [3.63, 3.8) is 0 Å². The van der Waals surface area contributed by atoms with Crippen molar-refractivity contribution in [2.24, 2.45) is 5.84 Å². The van der Waals surface area contributed by atoms with Crippen molar-refractivity contribution in [2.45, 2.75) is 26.3 Å². The van der Waals surface area contributed by atoms with Crippen LogP contribution in [0.25, 0.3) is 0 Å². The molecule has 0 radical (unpaired) electrons. The molecule has 0 saturated heterocycles. The molecule has 106 valence electrons. The third-order valence-corrected chi connectivity index (χ3v) is 3.56. The van der Waals surface area contributed by atoms with Crippen molar-refractivity contribution >= 4 is 0 Å². The lowest BCUT2D eigenvalue weighted by Gasteiger charge is -2.17. The van der Waals surface area contributed by atoms with Crippen LogP contribution in [0.1, 0.15) is 28.3 Å². The standard InChI is InChI=1S/C16H18F2N2/c1-10-3-4-12(7-11(10)2)8-16(20-19)13-5-6-14(17)15(18)9-13/h3-7,9,16,20H,8,19H2,1-2H3. The fourth-order valence-electron chi connectivity index (χ4n) is 2.17. The lowest BCUT2D eigenvalue weighted by Crippen LogP contribution is -2.29. The van der Waals surface area contributed by atoms with Crippen LogP contribution in [-0.2, 0) is 6.42 Å². The Balaban J connectivity index is 2.23. The number of halogens is 2. The van der Waals surface area contributed by atoms with Crippen molar-refractivity contribution in [3.8, 4) is 0 Å². The molecule has 0 aliphatic rings. The Morgan fingerprint density at radius 2 is 1.75 bits per heavy atom. The predicted molar refractivity (Wildman–Crippen MR) is 76.0 cm³/mol. The van der Waals surface area contributed by atoms with E-state index in [1.54, 1.807) is 6.07 Å². The summed E-state index contributed by atoms with van der Waals surface area (Å²) in [6.45, 7) is 4.09. The highest BCUT2D eigenvalue weighted by Gasteiger charge is 2.13. The topological polar surface area (TPSA) is 38.0 Å². The summed E-state index contributed by atoms with van der Waals surface area (Å²) in [5.41, 5.74) is 6.80. The van der Waals surface area contributed by atoms with Gasteiger partial charge in [-0.15, -0.1) is 0 Å². The SMILES string of the molecule is Cc1ccc(CC(NN)c2ccc(F)c(F)c2)cc1C. The Morgan fingerprint density at radius 3 is 2.35 bits per heavy atom. The van der Waals surface area contributed by atoms with Crippen LogP contribution >= 0.6 is 0 Å². The van der Waals surface area contributed by atoms with Crippen molar-refractivity contribution < 1.29 is 8.78 Å². The number of rotatable bonds is 4. The number of hydrogen-bond acceptors (Lipinski definition) is 2. The first-order valence-corrected chi connectivity index (χ1v) is 6.48. The quantitative estimate of drug-likeness (QED) is 0.664. The summed E-state index contributed by atoms with van der Waals surface area (Å²) in [7, 11) is 0. The molecule has 2 aromatic carbocycles. The van der Waals surface area contributed by atoms with Gasteiger partial charge in [-0.25, -0.2) is 8.78 Å². The maximum absolute atomic E-state index is 13.3. The number of benzene rings is 2. The Bertz CT molecular complexity index is 611. The van der Waals surface area contributed by atoms with Gasteiger partial charge < -0.3 is 0 Å². The average molecular weight is 276 g/mol. The highest BCUT2D eigenvalue weighted by Crippen LogP contribution is 2.21. The lowest BCUT2D eigenvalue weighted by atomic mass is 9.97. The first-order chi connectivity index (χ1) is 9.51. The highest BCUT2D eigenvalue weighted by molar-refractivity contribution is 5.32. The highest BCUT2D eigenvalue weighted by atomic mass is 19.2. The van der Waals surface area contributed by atoms with Gasteiger partial charge in [0.05, 0.1) is 6.04 Å². The molecular formula is C16H18F2N2. The van der Waals surface area contributed by atoms with Gasteiger partial charge in [-0.05, 0) is 54.7 Å². The van der Waals surface area contributed by atoms with E-state index in [1.807, 2.05) is 26.0 Å². The van der Waals surface area contributed by atoms with Gasteiger partial charge in [0.25, 0.3) is 0 Å². The Kier molecular flexibility index (Phi) is 4.47. The molecule has 0 spiro atoms. The van der Waals surface area contributed by atoms with Gasteiger partial charge in [-0.3, -0.25) is 11.3 Å². The lowest BCUT2D eigenvalue weighted by molar-refractivity contribution is 0.497. The zero-order valence-corrected chi connectivity index (χ0v) is 11.6. The molecule has 1 unspecified atom stereocenters. The van der Waals surface area contributed by atoms with E-state index in [2.05, 4.69) is 11.5 Å². The minimum absolute atomic E-state index is 0.257. The Morgan fingerprint density at radius 1 is 1.00 bits per heavy atom. The van der Waals surface area contributed by atoms with Gasteiger partial charge in [-0.2, -0.15) is 0 Å². The van der Waals surface area contributed by atoms with Crippen LogP contribution in [0, 0.1) is 25.5 Å². The molecule has 3 N–H and O–H groups in total. The van der Waals surface area contributed by atoms with Gasteiger partial charge >= 0.3 is 0 Å². The van der Waals surface area contributed by atoms with Crippen LogP contribution in [-0.4, -0.2) is 0 Å². The summed E-state index contributed by atoms with van der Waals surface area (Å²) in [6, 6.07) is 9.74. The second-order valence-electron chi connectivity index (χ2n) is 5.02. The second kappa shape index (κ2) is 6.11. The first kappa shape index (κ1) is 14.6. The molecule has 0 saturated carbocycles. The van der Waals surface area contributed by atoms with Gasteiger partial charge in [-0.1, -0.05) is 24.3 Å². The molecule has 20 heavy (non-hydrogen) atoms. The zero-order valence-electron chi connectivity index (χ0n) is 11.6. The molecule has 1 atom stereocenters. The number of hydrogen-bond donors (Lipinski definition) is 2. The molecular weight excluding hydrogens is 258 g/mol. The summed E-state index contributed by atoms with van der Waals surface area (Å²) >= 11 is 0. The molecule has 0 bridgehead atoms. The molecule has 2 rings (SSSR count). The van der Waals surface area contributed by atoms with Crippen molar-refractivity contribution in [1.82, 2.24) is 5.43 Å². The minimum Gasteiger partial charge on any atom is -0.271 e. The van der Waals surface area contributed by atoms with Gasteiger partial charge in [0.15, 0.2) is 11.6 Å². The van der Waals surface area contributed by atoms with Crippen molar-refractivity contribution in [3.05, 3.63) is 70.3 Å². The van der Waals surface area contributed by atoms with E-state index >= 15 is 0 Å². The molecule has 4 heteroatoms. The molecule has 0 aromatic heterocycles. The number of nitrogens with two attached hydrogens (primary N) is 1. The number of nitrogens with one attached hydrogen (secondary N) is 1. The number of hydrazine groups is 1. The molecule has 2 aromatic rings. The summed E-state index contributed by atoms with van der Waals surface area (Å²) < 4.78 is 26.3. The average Bonchev–Trinajstić information content (AvgIpc) is 2.43. The van der Waals surface area contributed by atoms with Gasteiger partial charge in [0, 0.05) is 0 Å². The van der Waals surface area contributed by atoms with Gasteiger partial charge in [0.2, 0.25) is 0 Å². The molecule has 0 heterocycles. The molecule has 0 fully saturated rings. The van der Waals surface area contributed by atoms with E-state index in [-0.39, 0.29) is 6.04 Å². The van der Waals surface area contributed by atoms with Crippen molar-refractivity contribution in [1.29, 1.82) is 0 Å². The van der Waals surface area contributed by atoms with Gasteiger partial charge in [0.1, 0.15) is 0 Å². The summed E-state index contributed by atoms with van der Waals surface area (Å²) in [6.07, 6.45) is 0.614. The van der Waals surface area contributed by atoms with E-state index in [0.29, 0.717) is 12.0 Å². The second-order valence-corrected chi connectivity index (χ2v) is 5.02. The maximum Gasteiger partial charge on any atom is 0.159 e. The van der Waals surface area contributed by atoms with E-state index < -0.39 is 11.6 Å². The monoisotopic (exact) mass is 276 g/mol. The normalized spacial score (nSPS) is 12.4. The summed E-state index contributed by atoms with van der Waals surface area (Å²) in [5, 5.41) is 0. The van der Waals surface area contributed by atoms with Crippen LogP contribution in [0.5, 0.6) is 0 Å².